The number of hydrogen-bond acceptors (Lipinski definition) is 2. The lowest BCUT2D eigenvalue weighted by Gasteiger charge is -2.13. The number of para-hydroxylation sites is 1. The fourth-order valence-electron chi connectivity index (χ4n) is 2.25. The maximum Gasteiger partial charge on any atom is 0.191 e. The van der Waals surface area contributed by atoms with Gasteiger partial charge in [0, 0.05) is 5.69 Å². The molecule has 0 aliphatic rings. The van der Waals surface area contributed by atoms with Gasteiger partial charge in [0.2, 0.25) is 0 Å². The Bertz CT molecular complexity index is 658. The number of rotatable bonds is 4. The number of thiocarbonyl (C=S) groups is 1. The van der Waals surface area contributed by atoms with E-state index in [1.807, 2.05) is 36.4 Å². The van der Waals surface area contributed by atoms with E-state index in [-0.39, 0.29) is 0 Å². The lowest BCUT2D eigenvalue weighted by Crippen LogP contribution is -2.26. The Hall–Kier alpha value is -2.20. The summed E-state index contributed by atoms with van der Waals surface area (Å²) in [4.78, 5) is 0. The van der Waals surface area contributed by atoms with Crippen molar-refractivity contribution in [3.63, 3.8) is 0 Å². The van der Waals surface area contributed by atoms with E-state index in [2.05, 4.69) is 48.7 Å². The largest absolute Gasteiger partial charge is 0.331 e. The van der Waals surface area contributed by atoms with Crippen molar-refractivity contribution < 1.29 is 0 Å². The normalized spacial score (nSPS) is 11.1. The highest BCUT2D eigenvalue weighted by atomic mass is 32.1. The van der Waals surface area contributed by atoms with Gasteiger partial charge in [0.25, 0.3) is 0 Å². The molecule has 114 valence electrons. The molecule has 0 aliphatic carbocycles. The molecule has 0 aliphatic heterocycles. The molecular formula is C18H21N3S. The molecule has 2 aromatic carbocycles. The van der Waals surface area contributed by atoms with Crippen molar-refractivity contribution in [3.05, 3.63) is 65.2 Å². The van der Waals surface area contributed by atoms with Gasteiger partial charge in [-0.3, -0.25) is 5.43 Å². The molecule has 0 saturated carbocycles. The molecule has 0 aromatic heterocycles. The van der Waals surface area contributed by atoms with Crippen LogP contribution in [0, 0.1) is 13.8 Å². The van der Waals surface area contributed by atoms with E-state index < -0.39 is 0 Å². The molecule has 2 aromatic rings. The lowest BCUT2D eigenvalue weighted by molar-refractivity contribution is 1.02. The van der Waals surface area contributed by atoms with Crippen LogP contribution in [0.15, 0.2) is 53.6 Å². The van der Waals surface area contributed by atoms with Crippen molar-refractivity contribution in [1.82, 2.24) is 5.43 Å². The van der Waals surface area contributed by atoms with E-state index in [1.54, 1.807) is 0 Å². The van der Waals surface area contributed by atoms with Crippen molar-refractivity contribution in [2.75, 3.05) is 5.32 Å². The highest BCUT2D eigenvalue weighted by molar-refractivity contribution is 7.80. The molecule has 2 N–H and O–H groups in total. The summed E-state index contributed by atoms with van der Waals surface area (Å²) in [5, 5.41) is 8.15. The van der Waals surface area contributed by atoms with E-state index in [4.69, 9.17) is 12.2 Å². The molecule has 0 bridgehead atoms. The first kappa shape index (κ1) is 16.2. The number of nitrogens with zero attached hydrogens (tertiary/aromatic N) is 1. The van der Waals surface area contributed by atoms with Crippen LogP contribution in [0.2, 0.25) is 0 Å². The van der Waals surface area contributed by atoms with Gasteiger partial charge in [0.15, 0.2) is 5.11 Å². The Labute approximate surface area is 137 Å². The van der Waals surface area contributed by atoms with Gasteiger partial charge in [-0.1, -0.05) is 55.5 Å². The van der Waals surface area contributed by atoms with Crippen LogP contribution in [0.3, 0.4) is 0 Å². The molecule has 0 atom stereocenters. The zero-order valence-corrected chi connectivity index (χ0v) is 14.0. The van der Waals surface area contributed by atoms with Crippen LogP contribution in [0.5, 0.6) is 0 Å². The smallest absolute Gasteiger partial charge is 0.191 e. The SMILES string of the molecule is CC/C(=N/NC(=S)Nc1c(C)cccc1C)c1ccccc1. The van der Waals surface area contributed by atoms with E-state index in [1.165, 1.54) is 0 Å². The highest BCUT2D eigenvalue weighted by Crippen LogP contribution is 2.19. The summed E-state index contributed by atoms with van der Waals surface area (Å²) < 4.78 is 0. The average molecular weight is 311 g/mol. The summed E-state index contributed by atoms with van der Waals surface area (Å²) in [5.74, 6) is 0. The number of benzene rings is 2. The summed E-state index contributed by atoms with van der Waals surface area (Å²) in [7, 11) is 0. The third-order valence-corrected chi connectivity index (χ3v) is 3.65. The third-order valence-electron chi connectivity index (χ3n) is 3.45. The van der Waals surface area contributed by atoms with Gasteiger partial charge in [-0.25, -0.2) is 0 Å². The monoisotopic (exact) mass is 311 g/mol. The van der Waals surface area contributed by atoms with Crippen molar-refractivity contribution in [1.29, 1.82) is 0 Å². The van der Waals surface area contributed by atoms with Crippen molar-refractivity contribution >= 4 is 28.7 Å². The van der Waals surface area contributed by atoms with Gasteiger partial charge in [-0.15, -0.1) is 0 Å². The molecule has 0 heterocycles. The number of aryl methyl sites for hydroxylation is 2. The molecule has 0 saturated heterocycles. The summed E-state index contributed by atoms with van der Waals surface area (Å²) in [6, 6.07) is 16.3. The van der Waals surface area contributed by atoms with Gasteiger partial charge in [0.1, 0.15) is 0 Å². The molecule has 0 amide bonds. The molecule has 0 radical (unpaired) electrons. The Morgan fingerprint density at radius 2 is 1.64 bits per heavy atom. The zero-order valence-electron chi connectivity index (χ0n) is 13.2. The summed E-state index contributed by atoms with van der Waals surface area (Å²) in [5.41, 5.74) is 8.38. The van der Waals surface area contributed by atoms with Gasteiger partial charge in [-0.2, -0.15) is 5.10 Å². The maximum atomic E-state index is 5.34. The van der Waals surface area contributed by atoms with Crippen molar-refractivity contribution in [3.8, 4) is 0 Å². The summed E-state index contributed by atoms with van der Waals surface area (Å²) >= 11 is 5.34. The fraction of sp³-hybridized carbons (Fsp3) is 0.222. The van der Waals surface area contributed by atoms with Gasteiger partial charge < -0.3 is 5.32 Å². The van der Waals surface area contributed by atoms with E-state index in [0.29, 0.717) is 5.11 Å². The minimum absolute atomic E-state index is 0.499. The standard InChI is InChI=1S/C18H21N3S/c1-4-16(15-11-6-5-7-12-15)20-21-18(22)19-17-13(2)9-8-10-14(17)3/h5-12H,4H2,1-3H3,(H2,19,21,22)/b20-16-. The van der Waals surface area contributed by atoms with Crippen molar-refractivity contribution in [2.24, 2.45) is 5.10 Å². The predicted molar refractivity (Wildman–Crippen MR) is 98.5 cm³/mol. The number of hydrazone groups is 1. The Morgan fingerprint density at radius 3 is 2.23 bits per heavy atom. The van der Waals surface area contributed by atoms with Crippen LogP contribution in [0.1, 0.15) is 30.0 Å². The second kappa shape index (κ2) is 7.71. The third kappa shape index (κ3) is 4.15. The zero-order chi connectivity index (χ0) is 15.9. The van der Waals surface area contributed by atoms with E-state index in [9.17, 15) is 0 Å². The van der Waals surface area contributed by atoms with E-state index >= 15 is 0 Å². The fourth-order valence-corrected chi connectivity index (χ4v) is 2.40. The van der Waals surface area contributed by atoms with Crippen LogP contribution < -0.4 is 10.7 Å². The quantitative estimate of drug-likeness (QED) is 0.499. The van der Waals surface area contributed by atoms with Crippen LogP contribution in [0.25, 0.3) is 0 Å². The molecule has 22 heavy (non-hydrogen) atoms. The minimum Gasteiger partial charge on any atom is -0.331 e. The molecule has 2 rings (SSSR count). The Kier molecular flexibility index (Phi) is 5.67. The Morgan fingerprint density at radius 1 is 1.00 bits per heavy atom. The van der Waals surface area contributed by atoms with Gasteiger partial charge in [-0.05, 0) is 49.2 Å². The van der Waals surface area contributed by atoms with Crippen molar-refractivity contribution in [2.45, 2.75) is 27.2 Å². The van der Waals surface area contributed by atoms with E-state index in [0.717, 1.165) is 34.5 Å². The summed E-state index contributed by atoms with van der Waals surface area (Å²) in [6.07, 6.45) is 0.836. The maximum absolute atomic E-state index is 5.34. The molecule has 4 heteroatoms. The first-order valence-electron chi connectivity index (χ1n) is 7.37. The molecule has 0 fully saturated rings. The lowest BCUT2D eigenvalue weighted by atomic mass is 10.1. The Balaban J connectivity index is 2.07. The van der Waals surface area contributed by atoms with Crippen LogP contribution >= 0.6 is 12.2 Å². The summed E-state index contributed by atoms with van der Waals surface area (Å²) in [6.45, 7) is 6.20. The first-order chi connectivity index (χ1) is 10.6. The first-order valence-corrected chi connectivity index (χ1v) is 7.77. The van der Waals surface area contributed by atoms with Crippen LogP contribution in [-0.4, -0.2) is 10.8 Å². The van der Waals surface area contributed by atoms with Gasteiger partial charge in [0.05, 0.1) is 5.71 Å². The number of anilines is 1. The molecule has 0 unspecified atom stereocenters. The van der Waals surface area contributed by atoms with Crippen LogP contribution in [-0.2, 0) is 0 Å². The minimum atomic E-state index is 0.499. The topological polar surface area (TPSA) is 36.4 Å². The second-order valence-electron chi connectivity index (χ2n) is 5.11. The second-order valence-corrected chi connectivity index (χ2v) is 5.52. The average Bonchev–Trinajstić information content (AvgIpc) is 2.53. The molecular weight excluding hydrogens is 290 g/mol. The molecule has 3 nitrogen and oxygen atoms in total. The highest BCUT2D eigenvalue weighted by Gasteiger charge is 2.05. The number of nitrogens with one attached hydrogen (secondary N) is 2. The van der Waals surface area contributed by atoms with Gasteiger partial charge >= 0.3 is 0 Å². The van der Waals surface area contributed by atoms with Crippen LogP contribution in [0.4, 0.5) is 5.69 Å². The molecule has 0 spiro atoms. The predicted octanol–water partition coefficient (Wildman–Crippen LogP) is 4.40. The number of hydrogen-bond donors (Lipinski definition) is 2.